The Morgan fingerprint density at radius 1 is 1.21 bits per heavy atom. The number of aromatic nitrogens is 3. The molecule has 0 saturated heterocycles. The van der Waals surface area contributed by atoms with Crippen molar-refractivity contribution >= 4 is 17.1 Å². The van der Waals surface area contributed by atoms with Gasteiger partial charge in [-0.1, -0.05) is 43.2 Å². The lowest BCUT2D eigenvalue weighted by Crippen LogP contribution is -2.17. The van der Waals surface area contributed by atoms with Crippen molar-refractivity contribution in [2.45, 2.75) is 58.9 Å². The van der Waals surface area contributed by atoms with Crippen molar-refractivity contribution in [3.05, 3.63) is 46.9 Å². The zero-order chi connectivity index (χ0) is 19.8. The van der Waals surface area contributed by atoms with Gasteiger partial charge in [0.05, 0.1) is 18.5 Å². The van der Waals surface area contributed by atoms with Crippen LogP contribution in [-0.4, -0.2) is 27.6 Å². The highest BCUT2D eigenvalue weighted by atomic mass is 16.5. The number of aryl methyl sites for hydroxylation is 4. The molecule has 0 saturated carbocycles. The molecule has 1 atom stereocenters. The van der Waals surface area contributed by atoms with E-state index in [-0.39, 0.29) is 11.9 Å². The lowest BCUT2D eigenvalue weighted by Gasteiger charge is -2.21. The Labute approximate surface area is 165 Å². The zero-order valence-electron chi connectivity index (χ0n) is 17.1. The van der Waals surface area contributed by atoms with E-state index in [2.05, 4.69) is 42.7 Å². The minimum Gasteiger partial charge on any atom is -0.469 e. The van der Waals surface area contributed by atoms with Crippen LogP contribution in [0.5, 0.6) is 0 Å². The SMILES string of the molecule is CCCC(C(=O)OC)c1c(C)nc2nc3n(c2c1-c1ccc(C)cc1)CCC3. The summed E-state index contributed by atoms with van der Waals surface area (Å²) in [6.45, 7) is 7.12. The molecule has 28 heavy (non-hydrogen) atoms. The first-order valence-electron chi connectivity index (χ1n) is 10.1. The molecule has 3 aromatic rings. The van der Waals surface area contributed by atoms with Crippen LogP contribution in [0.15, 0.2) is 24.3 Å². The highest BCUT2D eigenvalue weighted by molar-refractivity contribution is 5.96. The maximum Gasteiger partial charge on any atom is 0.313 e. The molecule has 146 valence electrons. The molecule has 0 radical (unpaired) electrons. The van der Waals surface area contributed by atoms with Crippen molar-refractivity contribution in [3.63, 3.8) is 0 Å². The van der Waals surface area contributed by atoms with Gasteiger partial charge in [0.2, 0.25) is 0 Å². The molecule has 1 aliphatic rings. The van der Waals surface area contributed by atoms with Crippen molar-refractivity contribution < 1.29 is 9.53 Å². The van der Waals surface area contributed by atoms with Crippen molar-refractivity contribution in [3.8, 4) is 11.1 Å². The second-order valence-corrected chi connectivity index (χ2v) is 7.67. The summed E-state index contributed by atoms with van der Waals surface area (Å²) >= 11 is 0. The number of rotatable bonds is 5. The number of hydrogen-bond donors (Lipinski definition) is 0. The molecule has 0 N–H and O–H groups in total. The predicted octanol–water partition coefficient (Wildman–Crippen LogP) is 4.72. The summed E-state index contributed by atoms with van der Waals surface area (Å²) < 4.78 is 7.47. The summed E-state index contributed by atoms with van der Waals surface area (Å²) in [7, 11) is 1.47. The number of fused-ring (bicyclic) bond motifs is 3. The lowest BCUT2D eigenvalue weighted by molar-refractivity contribution is -0.142. The first kappa shape index (κ1) is 18.7. The largest absolute Gasteiger partial charge is 0.469 e. The number of methoxy groups -OCH3 is 1. The van der Waals surface area contributed by atoms with Crippen LogP contribution in [0.1, 0.15) is 54.7 Å². The third kappa shape index (κ3) is 2.99. The number of pyridine rings is 1. The van der Waals surface area contributed by atoms with Gasteiger partial charge in [-0.05, 0) is 37.8 Å². The number of carbonyl (C=O) groups excluding carboxylic acids is 1. The standard InChI is InChI=1S/C23H27N3O2/c1-5-7-17(23(27)28-4)19-15(3)24-22-21(26-13-6-8-18(26)25-22)20(19)16-11-9-14(2)10-12-16/h9-12,17H,5-8,13H2,1-4H3. The molecule has 1 aromatic carbocycles. The van der Waals surface area contributed by atoms with E-state index in [1.807, 2.05) is 6.92 Å². The number of hydrogen-bond acceptors (Lipinski definition) is 4. The molecular weight excluding hydrogens is 350 g/mol. The average Bonchev–Trinajstić information content (AvgIpc) is 3.26. The molecule has 0 spiro atoms. The molecular formula is C23H27N3O2. The maximum atomic E-state index is 12.7. The highest BCUT2D eigenvalue weighted by Crippen LogP contribution is 2.40. The minimum absolute atomic E-state index is 0.194. The number of esters is 1. The van der Waals surface area contributed by atoms with E-state index in [1.165, 1.54) is 12.7 Å². The van der Waals surface area contributed by atoms with Crippen molar-refractivity contribution in [1.29, 1.82) is 0 Å². The Morgan fingerprint density at radius 3 is 2.64 bits per heavy atom. The van der Waals surface area contributed by atoms with E-state index < -0.39 is 0 Å². The zero-order valence-corrected chi connectivity index (χ0v) is 17.1. The Hall–Kier alpha value is -2.69. The fourth-order valence-electron chi connectivity index (χ4n) is 4.41. The van der Waals surface area contributed by atoms with E-state index in [0.717, 1.165) is 71.6 Å². The number of nitrogens with zero attached hydrogens (tertiary/aromatic N) is 3. The van der Waals surface area contributed by atoms with Crippen LogP contribution >= 0.6 is 0 Å². The summed E-state index contributed by atoms with van der Waals surface area (Å²) in [5, 5.41) is 0. The fraction of sp³-hybridized carbons (Fsp3) is 0.435. The van der Waals surface area contributed by atoms with Gasteiger partial charge < -0.3 is 9.30 Å². The van der Waals surface area contributed by atoms with E-state index in [1.54, 1.807) is 0 Å². The van der Waals surface area contributed by atoms with Gasteiger partial charge in [-0.3, -0.25) is 4.79 Å². The highest BCUT2D eigenvalue weighted by Gasteiger charge is 2.31. The first-order chi connectivity index (χ1) is 13.5. The second kappa shape index (κ2) is 7.38. The van der Waals surface area contributed by atoms with Gasteiger partial charge in [-0.25, -0.2) is 9.97 Å². The topological polar surface area (TPSA) is 57.0 Å². The molecule has 5 nitrogen and oxygen atoms in total. The van der Waals surface area contributed by atoms with Crippen LogP contribution in [-0.2, 0) is 22.5 Å². The van der Waals surface area contributed by atoms with Gasteiger partial charge >= 0.3 is 5.97 Å². The third-order valence-electron chi connectivity index (χ3n) is 5.73. The summed E-state index contributed by atoms with van der Waals surface area (Å²) in [5.74, 6) is 0.578. The molecule has 4 rings (SSSR count). The molecule has 0 amide bonds. The molecule has 1 aliphatic heterocycles. The van der Waals surface area contributed by atoms with E-state index in [9.17, 15) is 4.79 Å². The molecule has 1 unspecified atom stereocenters. The molecule has 5 heteroatoms. The molecule has 2 aromatic heterocycles. The summed E-state index contributed by atoms with van der Waals surface area (Å²) in [4.78, 5) is 22.4. The summed E-state index contributed by atoms with van der Waals surface area (Å²) in [6, 6.07) is 8.52. The van der Waals surface area contributed by atoms with Crippen LogP contribution in [0.4, 0.5) is 0 Å². The Morgan fingerprint density at radius 2 is 1.96 bits per heavy atom. The van der Waals surface area contributed by atoms with E-state index in [4.69, 9.17) is 14.7 Å². The third-order valence-corrected chi connectivity index (χ3v) is 5.73. The Kier molecular flexibility index (Phi) is 4.92. The van der Waals surface area contributed by atoms with E-state index in [0.29, 0.717) is 0 Å². The fourth-order valence-corrected chi connectivity index (χ4v) is 4.41. The van der Waals surface area contributed by atoms with Crippen LogP contribution in [0, 0.1) is 13.8 Å². The quantitative estimate of drug-likeness (QED) is 0.604. The van der Waals surface area contributed by atoms with Gasteiger partial charge in [0.25, 0.3) is 0 Å². The molecule has 0 bridgehead atoms. The molecule has 0 aliphatic carbocycles. The number of benzene rings is 1. The average molecular weight is 377 g/mol. The van der Waals surface area contributed by atoms with E-state index >= 15 is 0 Å². The minimum atomic E-state index is -0.323. The van der Waals surface area contributed by atoms with Crippen LogP contribution in [0.2, 0.25) is 0 Å². The number of imidazole rings is 1. The normalized spacial score (nSPS) is 14.3. The summed E-state index contributed by atoms with van der Waals surface area (Å²) in [6.07, 6.45) is 3.72. The van der Waals surface area contributed by atoms with Crippen LogP contribution < -0.4 is 0 Å². The lowest BCUT2D eigenvalue weighted by atomic mass is 9.86. The van der Waals surface area contributed by atoms with Gasteiger partial charge in [0, 0.05) is 24.2 Å². The number of carbonyl (C=O) groups is 1. The van der Waals surface area contributed by atoms with Gasteiger partial charge in [-0.15, -0.1) is 0 Å². The molecule has 0 fully saturated rings. The Bertz CT molecular complexity index is 1030. The smallest absolute Gasteiger partial charge is 0.313 e. The number of ether oxygens (including phenoxy) is 1. The second-order valence-electron chi connectivity index (χ2n) is 7.67. The van der Waals surface area contributed by atoms with Crippen LogP contribution in [0.25, 0.3) is 22.3 Å². The molecule has 3 heterocycles. The van der Waals surface area contributed by atoms with Crippen molar-refractivity contribution in [2.24, 2.45) is 0 Å². The summed E-state index contributed by atoms with van der Waals surface area (Å²) in [5.41, 5.74) is 7.10. The van der Waals surface area contributed by atoms with Gasteiger partial charge in [-0.2, -0.15) is 0 Å². The predicted molar refractivity (Wildman–Crippen MR) is 110 cm³/mol. The van der Waals surface area contributed by atoms with Gasteiger partial charge in [0.15, 0.2) is 5.65 Å². The monoisotopic (exact) mass is 377 g/mol. The maximum absolute atomic E-state index is 12.7. The Balaban J connectivity index is 2.08. The van der Waals surface area contributed by atoms with Gasteiger partial charge in [0.1, 0.15) is 5.82 Å². The first-order valence-corrected chi connectivity index (χ1v) is 10.1. The van der Waals surface area contributed by atoms with Crippen molar-refractivity contribution in [1.82, 2.24) is 14.5 Å². The van der Waals surface area contributed by atoms with Crippen LogP contribution in [0.3, 0.4) is 0 Å². The van der Waals surface area contributed by atoms with Crippen molar-refractivity contribution in [2.75, 3.05) is 7.11 Å².